The highest BCUT2D eigenvalue weighted by Crippen LogP contribution is 2.63. The van der Waals surface area contributed by atoms with Crippen LogP contribution in [0.4, 0.5) is 17.1 Å². The van der Waals surface area contributed by atoms with E-state index in [4.69, 9.17) is 4.99 Å². The van der Waals surface area contributed by atoms with E-state index in [1.807, 2.05) is 0 Å². The van der Waals surface area contributed by atoms with Crippen LogP contribution >= 0.6 is 0 Å². The van der Waals surface area contributed by atoms with Gasteiger partial charge in [0.25, 0.3) is 0 Å². The largest absolute Gasteiger partial charge is 0.360 e. The lowest BCUT2D eigenvalue weighted by Gasteiger charge is -2.45. The SMILES string of the molecule is C1=C(c2ccc(-c3ccccc3)cc2)NC(c2ccccc2)N=C1c1ccccc1-c1ccccc1-c1ccc2c(c1)C1(c3ccccc3-2)c2ccccc2N(c2ccccc2)c2ccccc21. The van der Waals surface area contributed by atoms with Crippen LogP contribution in [0.5, 0.6) is 0 Å². The van der Waals surface area contributed by atoms with Crippen LogP contribution in [0.15, 0.2) is 266 Å². The van der Waals surface area contributed by atoms with Crippen molar-refractivity contribution in [1.82, 2.24) is 5.32 Å². The summed E-state index contributed by atoms with van der Waals surface area (Å²) in [5, 5.41) is 3.80. The number of fused-ring (bicyclic) bond motifs is 9. The smallest absolute Gasteiger partial charge is 0.145 e. The molecule has 0 saturated carbocycles. The lowest BCUT2D eigenvalue weighted by molar-refractivity contribution is 0.664. The number of rotatable bonds is 7. The summed E-state index contributed by atoms with van der Waals surface area (Å²) in [5.74, 6) is 0. The Morgan fingerprint density at radius 3 is 1.50 bits per heavy atom. The van der Waals surface area contributed by atoms with Crippen LogP contribution in [-0.4, -0.2) is 5.71 Å². The van der Waals surface area contributed by atoms with Crippen molar-refractivity contribution in [3.63, 3.8) is 0 Å². The Morgan fingerprint density at radius 1 is 0.353 bits per heavy atom. The summed E-state index contributed by atoms with van der Waals surface area (Å²) in [4.78, 5) is 7.92. The van der Waals surface area contributed by atoms with E-state index in [2.05, 4.69) is 271 Å². The zero-order valence-corrected chi connectivity index (χ0v) is 37.3. The fraction of sp³-hybridized carbons (Fsp3) is 0.0308. The quantitative estimate of drug-likeness (QED) is 0.173. The van der Waals surface area contributed by atoms with Gasteiger partial charge in [-0.25, -0.2) is 0 Å². The van der Waals surface area contributed by atoms with Gasteiger partial charge in [0, 0.05) is 16.9 Å². The van der Waals surface area contributed by atoms with Crippen LogP contribution < -0.4 is 10.2 Å². The van der Waals surface area contributed by atoms with Crippen molar-refractivity contribution in [2.24, 2.45) is 4.99 Å². The minimum absolute atomic E-state index is 0.267. The Hall–Kier alpha value is -8.79. The highest BCUT2D eigenvalue weighted by Gasteiger charge is 2.51. The topological polar surface area (TPSA) is 27.6 Å². The second-order valence-corrected chi connectivity index (χ2v) is 17.8. The van der Waals surface area contributed by atoms with Gasteiger partial charge < -0.3 is 10.2 Å². The first kappa shape index (κ1) is 39.6. The number of nitrogens with zero attached hydrogens (tertiary/aromatic N) is 2. The predicted molar refractivity (Wildman–Crippen MR) is 282 cm³/mol. The van der Waals surface area contributed by atoms with Crippen LogP contribution in [0.1, 0.15) is 45.1 Å². The van der Waals surface area contributed by atoms with E-state index in [9.17, 15) is 0 Å². The van der Waals surface area contributed by atoms with Gasteiger partial charge in [-0.3, -0.25) is 4.99 Å². The minimum Gasteiger partial charge on any atom is -0.360 e. The van der Waals surface area contributed by atoms with Crippen molar-refractivity contribution in [1.29, 1.82) is 0 Å². The molecule has 13 rings (SSSR count). The van der Waals surface area contributed by atoms with Gasteiger partial charge in [0.15, 0.2) is 0 Å². The van der Waals surface area contributed by atoms with Crippen molar-refractivity contribution in [2.75, 3.05) is 4.90 Å². The zero-order chi connectivity index (χ0) is 45.0. The molecule has 0 aromatic heterocycles. The average Bonchev–Trinajstić information content (AvgIpc) is 3.71. The average molecular weight is 868 g/mol. The fourth-order valence-electron chi connectivity index (χ4n) is 11.2. The molecular weight excluding hydrogens is 823 g/mol. The molecule has 2 aliphatic heterocycles. The molecule has 1 atom stereocenters. The molecule has 1 unspecified atom stereocenters. The van der Waals surface area contributed by atoms with Gasteiger partial charge in [-0.15, -0.1) is 0 Å². The van der Waals surface area contributed by atoms with Gasteiger partial charge in [-0.2, -0.15) is 0 Å². The van der Waals surface area contributed by atoms with E-state index in [-0.39, 0.29) is 6.17 Å². The summed E-state index contributed by atoms with van der Waals surface area (Å²) in [5.41, 5.74) is 23.0. The number of nitrogens with one attached hydrogen (secondary N) is 1. The van der Waals surface area contributed by atoms with Crippen molar-refractivity contribution in [2.45, 2.75) is 11.6 Å². The number of hydrogen-bond donors (Lipinski definition) is 1. The third-order valence-electron chi connectivity index (χ3n) is 14.1. The summed E-state index contributed by atoms with van der Waals surface area (Å²) in [6.45, 7) is 0. The molecule has 1 spiro atoms. The van der Waals surface area contributed by atoms with E-state index < -0.39 is 5.41 Å². The van der Waals surface area contributed by atoms with Crippen LogP contribution in [0.3, 0.4) is 0 Å². The molecule has 3 heteroatoms. The second-order valence-electron chi connectivity index (χ2n) is 17.8. The molecule has 0 fully saturated rings. The molecule has 320 valence electrons. The molecule has 0 saturated heterocycles. The molecule has 1 N–H and O–H groups in total. The lowest BCUT2D eigenvalue weighted by atomic mass is 9.64. The molecule has 0 radical (unpaired) electrons. The molecule has 3 aliphatic rings. The minimum atomic E-state index is -0.552. The van der Waals surface area contributed by atoms with Gasteiger partial charge in [0.2, 0.25) is 0 Å². The zero-order valence-electron chi connectivity index (χ0n) is 37.3. The summed E-state index contributed by atoms with van der Waals surface area (Å²) in [6, 6.07) is 92.7. The molecule has 0 bridgehead atoms. The van der Waals surface area contributed by atoms with E-state index in [0.717, 1.165) is 44.9 Å². The molecule has 10 aromatic carbocycles. The van der Waals surface area contributed by atoms with Gasteiger partial charge in [-0.05, 0) is 114 Å². The maximum absolute atomic E-state index is 5.47. The first-order chi connectivity index (χ1) is 33.7. The summed E-state index contributed by atoms with van der Waals surface area (Å²) < 4.78 is 0. The van der Waals surface area contributed by atoms with Crippen molar-refractivity contribution < 1.29 is 0 Å². The predicted octanol–water partition coefficient (Wildman–Crippen LogP) is 16.0. The Morgan fingerprint density at radius 2 is 0.824 bits per heavy atom. The standard InChI is InChI=1S/C65H45N3/c1-4-20-44(21-5-1)45-36-38-46(39-37-45)60-43-61(67-64(66-60)47-22-6-2-7-23-47)55-30-13-12-28-52(55)51-27-11-10-26-50(51)48-40-41-54-53-29-14-15-31-56(53)65(59(54)42-48)57-32-16-18-34-62(57)68(49-24-8-3-9-25-49)63-35-19-17-33-58(63)65/h1-43,64,66H. The highest BCUT2D eigenvalue weighted by atomic mass is 15.2. The second kappa shape index (κ2) is 16.3. The molecule has 0 amide bonds. The van der Waals surface area contributed by atoms with Crippen LogP contribution in [-0.2, 0) is 5.41 Å². The molecule has 68 heavy (non-hydrogen) atoms. The fourth-order valence-corrected chi connectivity index (χ4v) is 11.2. The maximum Gasteiger partial charge on any atom is 0.145 e. The van der Waals surface area contributed by atoms with Gasteiger partial charge >= 0.3 is 0 Å². The number of para-hydroxylation sites is 3. The monoisotopic (exact) mass is 867 g/mol. The van der Waals surface area contributed by atoms with Crippen LogP contribution in [0.2, 0.25) is 0 Å². The molecule has 1 aliphatic carbocycles. The first-order valence-corrected chi connectivity index (χ1v) is 23.5. The molecule has 10 aromatic rings. The van der Waals surface area contributed by atoms with Crippen molar-refractivity contribution >= 4 is 28.5 Å². The van der Waals surface area contributed by atoms with Crippen molar-refractivity contribution in [3.8, 4) is 44.5 Å². The molecular formula is C65H45N3. The number of aliphatic imine (C=N–C) groups is 1. The Labute approximate surface area is 397 Å². The molecule has 2 heterocycles. The highest BCUT2D eigenvalue weighted by molar-refractivity contribution is 6.17. The summed E-state index contributed by atoms with van der Waals surface area (Å²) in [6.07, 6.45) is 1.96. The Balaban J connectivity index is 0.969. The van der Waals surface area contributed by atoms with E-state index >= 15 is 0 Å². The van der Waals surface area contributed by atoms with Crippen LogP contribution in [0, 0.1) is 0 Å². The number of allylic oxidation sites excluding steroid dienone is 1. The van der Waals surface area contributed by atoms with Crippen LogP contribution in [0.25, 0.3) is 50.2 Å². The van der Waals surface area contributed by atoms with E-state index in [0.29, 0.717) is 0 Å². The lowest BCUT2D eigenvalue weighted by Crippen LogP contribution is -2.36. The Kier molecular flexibility index (Phi) is 9.47. The third-order valence-corrected chi connectivity index (χ3v) is 14.1. The number of anilines is 3. The number of hydrogen-bond acceptors (Lipinski definition) is 3. The van der Waals surface area contributed by atoms with E-state index in [1.165, 1.54) is 67.0 Å². The molecule has 3 nitrogen and oxygen atoms in total. The third kappa shape index (κ3) is 6.31. The summed E-state index contributed by atoms with van der Waals surface area (Å²) >= 11 is 0. The Bertz CT molecular complexity index is 3540. The van der Waals surface area contributed by atoms with Gasteiger partial charge in [0.05, 0.1) is 22.5 Å². The summed E-state index contributed by atoms with van der Waals surface area (Å²) in [7, 11) is 0. The van der Waals surface area contributed by atoms with Crippen molar-refractivity contribution in [3.05, 3.63) is 300 Å². The van der Waals surface area contributed by atoms with E-state index in [1.54, 1.807) is 0 Å². The van der Waals surface area contributed by atoms with Gasteiger partial charge in [-0.1, -0.05) is 224 Å². The van der Waals surface area contributed by atoms with Gasteiger partial charge in [0.1, 0.15) is 6.17 Å². The maximum atomic E-state index is 5.47. The first-order valence-electron chi connectivity index (χ1n) is 23.5. The normalized spacial score (nSPS) is 15.0. The number of benzene rings is 10.